The highest BCUT2D eigenvalue weighted by atomic mass is 19.2. The van der Waals surface area contributed by atoms with Gasteiger partial charge in [-0.3, -0.25) is 9.36 Å². The highest BCUT2D eigenvalue weighted by molar-refractivity contribution is 5.82. The molecule has 2 aromatic heterocycles. The van der Waals surface area contributed by atoms with Gasteiger partial charge in [-0.05, 0) is 78.5 Å². The lowest BCUT2D eigenvalue weighted by Crippen LogP contribution is -2.42. The lowest BCUT2D eigenvalue weighted by atomic mass is 9.91. The zero-order valence-electron chi connectivity index (χ0n) is 22.3. The summed E-state index contributed by atoms with van der Waals surface area (Å²) in [6, 6.07) is 3.83. The quantitative estimate of drug-likeness (QED) is 0.391. The van der Waals surface area contributed by atoms with Crippen molar-refractivity contribution < 1.29 is 18.3 Å². The fraction of sp³-hybridized carbons (Fsp3) is 0.481. The van der Waals surface area contributed by atoms with Gasteiger partial charge in [0.1, 0.15) is 11.2 Å². The molecule has 204 valence electrons. The minimum atomic E-state index is -1.19. The molecule has 0 unspecified atom stereocenters. The number of pyridine rings is 1. The van der Waals surface area contributed by atoms with E-state index in [2.05, 4.69) is 20.6 Å². The van der Waals surface area contributed by atoms with Gasteiger partial charge in [-0.1, -0.05) is 0 Å². The third kappa shape index (κ3) is 5.87. The Morgan fingerprint density at radius 3 is 2.39 bits per heavy atom. The van der Waals surface area contributed by atoms with Crippen molar-refractivity contribution in [2.45, 2.75) is 84.0 Å². The lowest BCUT2D eigenvalue weighted by Gasteiger charge is -2.30. The molecular weight excluding hydrogens is 494 g/mol. The van der Waals surface area contributed by atoms with Crippen LogP contribution in [0.25, 0.3) is 22.2 Å². The number of carbonyl (C=O) groups is 1. The van der Waals surface area contributed by atoms with Gasteiger partial charge >= 0.3 is 6.09 Å². The van der Waals surface area contributed by atoms with E-state index >= 15 is 0 Å². The summed E-state index contributed by atoms with van der Waals surface area (Å²) >= 11 is 0. The molecule has 0 bridgehead atoms. The summed E-state index contributed by atoms with van der Waals surface area (Å²) in [5.41, 5.74) is 4.32. The maximum absolute atomic E-state index is 14.7. The van der Waals surface area contributed by atoms with Gasteiger partial charge in [0, 0.05) is 35.3 Å². The fourth-order valence-corrected chi connectivity index (χ4v) is 4.67. The highest BCUT2D eigenvalue weighted by Gasteiger charge is 2.26. The standard InChI is InChI=1S/C27H34F2N6O3/c1-14(2)35-23-15(12-19(24(35)36)18-10-11-20(30)22(29)21(18)28)13-31-25(34-23)32-16-6-8-17(9-7-16)33-26(37)38-27(3,4)5/h10-14,16-17H,6-9,30H2,1-5H3,(H,33,37)(H,31,32,34). The van der Waals surface area contributed by atoms with E-state index in [9.17, 15) is 18.4 Å². The first-order chi connectivity index (χ1) is 17.8. The predicted molar refractivity (Wildman–Crippen MR) is 143 cm³/mol. The van der Waals surface area contributed by atoms with Gasteiger partial charge in [0.2, 0.25) is 5.95 Å². The molecule has 38 heavy (non-hydrogen) atoms. The molecule has 1 amide bonds. The van der Waals surface area contributed by atoms with Gasteiger partial charge in [0.25, 0.3) is 5.56 Å². The summed E-state index contributed by atoms with van der Waals surface area (Å²) in [5.74, 6) is -2.00. The van der Waals surface area contributed by atoms with Gasteiger partial charge in [-0.2, -0.15) is 4.98 Å². The highest BCUT2D eigenvalue weighted by Crippen LogP contribution is 2.29. The number of hydrogen-bond donors (Lipinski definition) is 3. The molecule has 0 radical (unpaired) electrons. The molecule has 0 atom stereocenters. The number of nitrogens with zero attached hydrogens (tertiary/aromatic N) is 3. The predicted octanol–water partition coefficient (Wildman–Crippen LogP) is 5.15. The van der Waals surface area contributed by atoms with Crippen LogP contribution in [-0.2, 0) is 4.74 Å². The molecule has 1 aromatic carbocycles. The summed E-state index contributed by atoms with van der Waals surface area (Å²) in [6.07, 6.45) is 4.27. The number of halogens is 2. The van der Waals surface area contributed by atoms with Gasteiger partial charge < -0.3 is 21.1 Å². The van der Waals surface area contributed by atoms with Crippen molar-refractivity contribution in [3.63, 3.8) is 0 Å². The number of amides is 1. The third-order valence-corrected chi connectivity index (χ3v) is 6.47. The van der Waals surface area contributed by atoms with Crippen LogP contribution in [0, 0.1) is 11.6 Å². The van der Waals surface area contributed by atoms with Gasteiger partial charge in [-0.25, -0.2) is 18.6 Å². The number of aromatic nitrogens is 3. The SMILES string of the molecule is CC(C)n1c(=O)c(-c2ccc(N)c(F)c2F)cc2cnc(NC3CCC(NC(=O)OC(C)(C)C)CC3)nc21. The topological polar surface area (TPSA) is 124 Å². The van der Waals surface area contributed by atoms with Crippen LogP contribution < -0.4 is 21.9 Å². The second-order valence-electron chi connectivity index (χ2n) is 11.0. The van der Waals surface area contributed by atoms with Crippen LogP contribution in [0.15, 0.2) is 29.2 Å². The van der Waals surface area contributed by atoms with E-state index in [0.29, 0.717) is 17.0 Å². The van der Waals surface area contributed by atoms with Crippen molar-refractivity contribution >= 4 is 28.8 Å². The van der Waals surface area contributed by atoms with E-state index in [4.69, 9.17) is 10.5 Å². The average Bonchev–Trinajstić information content (AvgIpc) is 2.82. The third-order valence-electron chi connectivity index (χ3n) is 6.47. The van der Waals surface area contributed by atoms with Crippen molar-refractivity contribution in [1.82, 2.24) is 19.9 Å². The first kappa shape index (κ1) is 27.3. The van der Waals surface area contributed by atoms with Crippen molar-refractivity contribution in [2.75, 3.05) is 11.1 Å². The molecule has 1 saturated carbocycles. The summed E-state index contributed by atoms with van der Waals surface area (Å²) < 4.78 is 35.6. The van der Waals surface area contributed by atoms with E-state index in [1.165, 1.54) is 22.8 Å². The van der Waals surface area contributed by atoms with Crippen molar-refractivity contribution in [3.8, 4) is 11.1 Å². The van der Waals surface area contributed by atoms with Gasteiger partial charge in [0.15, 0.2) is 11.6 Å². The summed E-state index contributed by atoms with van der Waals surface area (Å²) in [6.45, 7) is 9.11. The Morgan fingerprint density at radius 1 is 1.11 bits per heavy atom. The normalized spacial score (nSPS) is 18.0. The maximum atomic E-state index is 14.7. The van der Waals surface area contributed by atoms with Crippen LogP contribution in [-0.4, -0.2) is 38.3 Å². The van der Waals surface area contributed by atoms with Crippen LogP contribution in [0.2, 0.25) is 0 Å². The van der Waals surface area contributed by atoms with Crippen LogP contribution in [0.1, 0.15) is 66.3 Å². The Labute approximate surface area is 219 Å². The number of hydrogen-bond acceptors (Lipinski definition) is 7. The number of nitrogen functional groups attached to an aromatic ring is 1. The number of alkyl carbamates (subject to hydrolysis) is 1. The minimum absolute atomic E-state index is 0.00252. The minimum Gasteiger partial charge on any atom is -0.444 e. The van der Waals surface area contributed by atoms with E-state index < -0.39 is 28.9 Å². The van der Waals surface area contributed by atoms with Crippen LogP contribution in [0.4, 0.5) is 25.2 Å². The van der Waals surface area contributed by atoms with Gasteiger partial charge in [-0.15, -0.1) is 0 Å². The van der Waals surface area contributed by atoms with Crippen molar-refractivity contribution in [1.29, 1.82) is 0 Å². The molecule has 1 aliphatic rings. The van der Waals surface area contributed by atoms with Crippen LogP contribution >= 0.6 is 0 Å². The summed E-state index contributed by atoms with van der Waals surface area (Å²) in [5, 5.41) is 6.77. The molecule has 4 N–H and O–H groups in total. The molecular formula is C27H34F2N6O3. The molecule has 11 heteroatoms. The zero-order valence-corrected chi connectivity index (χ0v) is 22.3. The number of nitrogens with one attached hydrogen (secondary N) is 2. The molecule has 0 aliphatic heterocycles. The molecule has 9 nitrogen and oxygen atoms in total. The molecule has 1 fully saturated rings. The molecule has 4 rings (SSSR count). The van der Waals surface area contributed by atoms with E-state index in [0.717, 1.165) is 25.7 Å². The lowest BCUT2D eigenvalue weighted by molar-refractivity contribution is 0.0492. The Bertz CT molecular complexity index is 1410. The summed E-state index contributed by atoms with van der Waals surface area (Å²) in [4.78, 5) is 34.5. The first-order valence-electron chi connectivity index (χ1n) is 12.8. The Kier molecular flexibility index (Phi) is 7.57. The van der Waals surface area contributed by atoms with Crippen molar-refractivity contribution in [2.24, 2.45) is 0 Å². The summed E-state index contributed by atoms with van der Waals surface area (Å²) in [7, 11) is 0. The average molecular weight is 529 g/mol. The molecule has 3 aromatic rings. The Morgan fingerprint density at radius 2 is 1.76 bits per heavy atom. The van der Waals surface area contributed by atoms with E-state index in [1.54, 1.807) is 6.20 Å². The number of anilines is 2. The molecule has 0 spiro atoms. The largest absolute Gasteiger partial charge is 0.444 e. The molecule has 1 aliphatic carbocycles. The van der Waals surface area contributed by atoms with Crippen LogP contribution in [0.5, 0.6) is 0 Å². The maximum Gasteiger partial charge on any atom is 0.407 e. The van der Waals surface area contributed by atoms with Crippen LogP contribution in [0.3, 0.4) is 0 Å². The van der Waals surface area contributed by atoms with Gasteiger partial charge in [0.05, 0.1) is 11.3 Å². The number of rotatable bonds is 5. The smallest absolute Gasteiger partial charge is 0.407 e. The Balaban J connectivity index is 1.55. The zero-order chi connectivity index (χ0) is 27.8. The monoisotopic (exact) mass is 528 g/mol. The molecule has 0 saturated heterocycles. The number of ether oxygens (including phenoxy) is 1. The second-order valence-corrected chi connectivity index (χ2v) is 11.0. The second kappa shape index (κ2) is 10.5. The van der Waals surface area contributed by atoms with Crippen molar-refractivity contribution in [3.05, 3.63) is 46.4 Å². The number of fused-ring (bicyclic) bond motifs is 1. The Hall–Kier alpha value is -3.76. The van der Waals surface area contributed by atoms with E-state index in [1.807, 2.05) is 34.6 Å². The fourth-order valence-electron chi connectivity index (χ4n) is 4.67. The number of benzene rings is 1. The number of nitrogens with two attached hydrogens (primary N) is 1. The van der Waals surface area contributed by atoms with E-state index in [-0.39, 0.29) is 34.9 Å². The molecule has 2 heterocycles. The number of carbonyl (C=O) groups excluding carboxylic acids is 1. The first-order valence-corrected chi connectivity index (χ1v) is 12.8.